The van der Waals surface area contributed by atoms with Crippen molar-refractivity contribution in [3.8, 4) is 28.5 Å². The summed E-state index contributed by atoms with van der Waals surface area (Å²) in [4.78, 5) is 39.2. The van der Waals surface area contributed by atoms with Crippen molar-refractivity contribution in [3.63, 3.8) is 0 Å². The van der Waals surface area contributed by atoms with E-state index in [2.05, 4.69) is 20.3 Å². The monoisotopic (exact) mass is 495 g/mol. The fraction of sp³-hybridized carbons (Fsp3) is 0.440. The molecule has 11 heteroatoms. The second-order valence-corrected chi connectivity index (χ2v) is 9.64. The lowest BCUT2D eigenvalue weighted by molar-refractivity contribution is 0.0290. The van der Waals surface area contributed by atoms with Crippen molar-refractivity contribution in [2.75, 3.05) is 26.5 Å². The summed E-state index contributed by atoms with van der Waals surface area (Å²) in [5.74, 6) is 1.44. The Morgan fingerprint density at radius 1 is 1.25 bits per heavy atom. The fourth-order valence-corrected chi connectivity index (χ4v) is 4.39. The largest absolute Gasteiger partial charge is 0.493 e. The highest BCUT2D eigenvalue weighted by molar-refractivity contribution is 6.08. The Labute approximate surface area is 208 Å². The van der Waals surface area contributed by atoms with E-state index in [0.29, 0.717) is 71.2 Å². The molecule has 4 heterocycles. The van der Waals surface area contributed by atoms with Crippen LogP contribution in [0.1, 0.15) is 44.5 Å². The van der Waals surface area contributed by atoms with E-state index in [1.54, 1.807) is 17.2 Å². The first-order chi connectivity index (χ1) is 17.2. The molecule has 2 N–H and O–H groups in total. The minimum Gasteiger partial charge on any atom is -0.493 e. The third kappa shape index (κ3) is 4.48. The number of likely N-dealkylation sites (tertiary alicyclic amines) is 1. The van der Waals surface area contributed by atoms with Gasteiger partial charge < -0.3 is 34.1 Å². The number of H-pyrrole nitrogens is 1. The molecule has 0 aliphatic carbocycles. The predicted molar refractivity (Wildman–Crippen MR) is 130 cm³/mol. The standard InChI is InChI=1S/C25H29N5O6/c1-5-33-16-6-7-17-22(35-13-34-17)18(16)20-21-19(27-12-28-20)15(10-26-21)23(31)29-14-8-9-30(11-14)24(32)36-25(2,3)4/h6-7,10,12,14,26H,5,8-9,11,13H2,1-4H3,(H,29,31). The third-order valence-corrected chi connectivity index (χ3v) is 5.92. The molecule has 1 aromatic carbocycles. The molecule has 36 heavy (non-hydrogen) atoms. The highest BCUT2D eigenvalue weighted by Crippen LogP contribution is 2.47. The highest BCUT2D eigenvalue weighted by atomic mass is 16.7. The van der Waals surface area contributed by atoms with Crippen LogP contribution < -0.4 is 19.5 Å². The number of aromatic nitrogens is 3. The average Bonchev–Trinajstić information content (AvgIpc) is 3.57. The van der Waals surface area contributed by atoms with E-state index in [1.807, 2.05) is 33.8 Å². The van der Waals surface area contributed by atoms with Crippen LogP contribution in [0.25, 0.3) is 22.3 Å². The van der Waals surface area contributed by atoms with Crippen LogP contribution in [0.4, 0.5) is 4.79 Å². The third-order valence-electron chi connectivity index (χ3n) is 5.92. The summed E-state index contributed by atoms with van der Waals surface area (Å²) < 4.78 is 22.5. The van der Waals surface area contributed by atoms with Crippen LogP contribution in [-0.2, 0) is 4.74 Å². The summed E-state index contributed by atoms with van der Waals surface area (Å²) in [7, 11) is 0. The Bertz CT molecular complexity index is 1310. The van der Waals surface area contributed by atoms with Gasteiger partial charge in [-0.2, -0.15) is 0 Å². The molecular weight excluding hydrogens is 466 g/mol. The molecule has 190 valence electrons. The number of benzene rings is 1. The summed E-state index contributed by atoms with van der Waals surface area (Å²) in [6.07, 6.45) is 3.28. The molecule has 1 atom stereocenters. The fourth-order valence-electron chi connectivity index (χ4n) is 4.39. The molecule has 2 aliphatic rings. The molecular formula is C25H29N5O6. The zero-order chi connectivity index (χ0) is 25.4. The van der Waals surface area contributed by atoms with E-state index >= 15 is 0 Å². The van der Waals surface area contributed by atoms with Crippen molar-refractivity contribution in [1.82, 2.24) is 25.2 Å². The van der Waals surface area contributed by atoms with Gasteiger partial charge in [0.2, 0.25) is 6.79 Å². The molecule has 2 aliphatic heterocycles. The molecule has 0 saturated carbocycles. The first kappa shape index (κ1) is 23.7. The molecule has 1 unspecified atom stereocenters. The van der Waals surface area contributed by atoms with Crippen LogP contribution in [0.15, 0.2) is 24.7 Å². The normalized spacial score (nSPS) is 16.9. The molecule has 0 radical (unpaired) electrons. The van der Waals surface area contributed by atoms with Crippen molar-refractivity contribution in [3.05, 3.63) is 30.2 Å². The number of rotatable bonds is 5. The Morgan fingerprint density at radius 3 is 2.86 bits per heavy atom. The second-order valence-electron chi connectivity index (χ2n) is 9.64. The van der Waals surface area contributed by atoms with Gasteiger partial charge in [0.1, 0.15) is 28.9 Å². The first-order valence-electron chi connectivity index (χ1n) is 11.9. The molecule has 11 nitrogen and oxygen atoms in total. The Morgan fingerprint density at radius 2 is 2.08 bits per heavy atom. The van der Waals surface area contributed by atoms with E-state index in [1.165, 1.54) is 6.33 Å². The van der Waals surface area contributed by atoms with Gasteiger partial charge in [-0.3, -0.25) is 4.79 Å². The van der Waals surface area contributed by atoms with Gasteiger partial charge in [0, 0.05) is 25.3 Å². The van der Waals surface area contributed by atoms with Gasteiger partial charge in [-0.05, 0) is 46.2 Å². The smallest absolute Gasteiger partial charge is 0.410 e. The zero-order valence-electron chi connectivity index (χ0n) is 20.7. The van der Waals surface area contributed by atoms with Gasteiger partial charge in [-0.15, -0.1) is 0 Å². The van der Waals surface area contributed by atoms with Crippen molar-refractivity contribution >= 4 is 23.0 Å². The maximum atomic E-state index is 13.2. The number of nitrogens with zero attached hydrogens (tertiary/aromatic N) is 3. The minimum absolute atomic E-state index is 0.103. The van der Waals surface area contributed by atoms with E-state index < -0.39 is 5.60 Å². The number of carbonyl (C=O) groups is 2. The maximum Gasteiger partial charge on any atom is 0.410 e. The summed E-state index contributed by atoms with van der Waals surface area (Å²) in [6.45, 7) is 8.84. The number of hydrogen-bond donors (Lipinski definition) is 2. The lowest BCUT2D eigenvalue weighted by atomic mass is 10.1. The average molecular weight is 496 g/mol. The molecule has 0 bridgehead atoms. The number of ether oxygens (including phenoxy) is 4. The van der Waals surface area contributed by atoms with Gasteiger partial charge in [-0.1, -0.05) is 0 Å². The van der Waals surface area contributed by atoms with E-state index in [4.69, 9.17) is 18.9 Å². The molecule has 3 aromatic rings. The molecule has 2 aromatic heterocycles. The SMILES string of the molecule is CCOc1ccc2c(c1-c1ncnc3c(C(=O)NC4CCN(C(=O)OC(C)(C)C)C4)c[nH]c13)OCO2. The molecule has 0 spiro atoms. The molecule has 2 amide bonds. The van der Waals surface area contributed by atoms with Crippen molar-refractivity contribution in [2.24, 2.45) is 0 Å². The quantitative estimate of drug-likeness (QED) is 0.551. The molecule has 1 fully saturated rings. The van der Waals surface area contributed by atoms with E-state index in [-0.39, 0.29) is 24.8 Å². The number of aromatic amines is 1. The Hall–Kier alpha value is -4.02. The Balaban J connectivity index is 1.39. The van der Waals surface area contributed by atoms with Gasteiger partial charge >= 0.3 is 6.09 Å². The minimum atomic E-state index is -0.571. The van der Waals surface area contributed by atoms with E-state index in [0.717, 1.165) is 0 Å². The summed E-state index contributed by atoms with van der Waals surface area (Å²) in [5.41, 5.74) is 2.04. The summed E-state index contributed by atoms with van der Waals surface area (Å²) >= 11 is 0. The van der Waals surface area contributed by atoms with Crippen LogP contribution >= 0.6 is 0 Å². The zero-order valence-corrected chi connectivity index (χ0v) is 20.7. The maximum absolute atomic E-state index is 13.2. The Kier molecular flexibility index (Phi) is 6.07. The van der Waals surface area contributed by atoms with E-state index in [9.17, 15) is 9.59 Å². The van der Waals surface area contributed by atoms with Crippen LogP contribution in [0.3, 0.4) is 0 Å². The molecule has 5 rings (SSSR count). The topological polar surface area (TPSA) is 128 Å². The second kappa shape index (κ2) is 9.21. The van der Waals surface area contributed by atoms with Crippen molar-refractivity contribution in [2.45, 2.75) is 45.8 Å². The van der Waals surface area contributed by atoms with Gasteiger partial charge in [0.05, 0.1) is 23.3 Å². The van der Waals surface area contributed by atoms with Gasteiger partial charge in [0.15, 0.2) is 11.5 Å². The first-order valence-corrected chi connectivity index (χ1v) is 11.9. The number of hydrogen-bond acceptors (Lipinski definition) is 8. The van der Waals surface area contributed by atoms with Crippen LogP contribution in [0, 0.1) is 0 Å². The van der Waals surface area contributed by atoms with Crippen molar-refractivity contribution in [1.29, 1.82) is 0 Å². The predicted octanol–water partition coefficient (Wildman–Crippen LogP) is 3.49. The van der Waals surface area contributed by atoms with Gasteiger partial charge in [0.25, 0.3) is 5.91 Å². The number of amides is 2. The highest BCUT2D eigenvalue weighted by Gasteiger charge is 2.32. The van der Waals surface area contributed by atoms with Crippen LogP contribution in [0.2, 0.25) is 0 Å². The lowest BCUT2D eigenvalue weighted by Crippen LogP contribution is -2.40. The van der Waals surface area contributed by atoms with Crippen molar-refractivity contribution < 1.29 is 28.5 Å². The number of nitrogens with one attached hydrogen (secondary N) is 2. The van der Waals surface area contributed by atoms with Crippen LogP contribution in [-0.4, -0.2) is 70.0 Å². The molecule has 1 saturated heterocycles. The summed E-state index contributed by atoms with van der Waals surface area (Å²) in [5, 5.41) is 3.02. The van der Waals surface area contributed by atoms with Gasteiger partial charge in [-0.25, -0.2) is 14.8 Å². The van der Waals surface area contributed by atoms with Crippen LogP contribution in [0.5, 0.6) is 17.2 Å². The summed E-state index contributed by atoms with van der Waals surface area (Å²) in [6, 6.07) is 3.42. The lowest BCUT2D eigenvalue weighted by Gasteiger charge is -2.24. The number of fused-ring (bicyclic) bond motifs is 2. The number of carbonyl (C=O) groups excluding carboxylic acids is 2.